The first kappa shape index (κ1) is 16.1. The molecular weight excluding hydrogens is 350 g/mol. The van der Waals surface area contributed by atoms with Crippen LogP contribution in [0.2, 0.25) is 0 Å². The van der Waals surface area contributed by atoms with Gasteiger partial charge in [0.15, 0.2) is 0 Å². The van der Waals surface area contributed by atoms with Crippen molar-refractivity contribution in [2.24, 2.45) is 0 Å². The number of aromatic nitrogens is 1. The van der Waals surface area contributed by atoms with E-state index in [1.807, 2.05) is 6.07 Å². The van der Waals surface area contributed by atoms with Gasteiger partial charge in [-0.1, -0.05) is 47.5 Å². The summed E-state index contributed by atoms with van der Waals surface area (Å²) >= 11 is 3.50. The summed E-state index contributed by atoms with van der Waals surface area (Å²) in [5.74, 6) is 0.954. The highest BCUT2D eigenvalue weighted by Gasteiger charge is 2.12. The minimum atomic E-state index is 0.939. The Bertz CT molecular complexity index is 789. The van der Waals surface area contributed by atoms with Crippen LogP contribution in [-0.2, 0) is 13.0 Å². The molecule has 0 aliphatic carbocycles. The van der Waals surface area contributed by atoms with Crippen molar-refractivity contribution < 1.29 is 4.74 Å². The molecular formula is C20H22BrNO. The number of ether oxygens (including phenoxy) is 1. The normalized spacial score (nSPS) is 11.1. The fraction of sp³-hybridized carbons (Fsp3) is 0.300. The van der Waals surface area contributed by atoms with Gasteiger partial charge in [0.05, 0.1) is 12.6 Å². The van der Waals surface area contributed by atoms with Gasteiger partial charge in [0.25, 0.3) is 0 Å². The second kappa shape index (κ2) is 7.22. The molecule has 3 rings (SSSR count). The minimum Gasteiger partial charge on any atom is -0.496 e. The molecule has 1 heterocycles. The van der Waals surface area contributed by atoms with E-state index in [9.17, 15) is 0 Å². The number of methoxy groups -OCH3 is 1. The van der Waals surface area contributed by atoms with Gasteiger partial charge in [-0.15, -0.1) is 0 Å². The molecule has 0 fully saturated rings. The third-order valence-corrected chi connectivity index (χ3v) is 4.77. The predicted octanol–water partition coefficient (Wildman–Crippen LogP) is 5.80. The second-order valence-corrected chi connectivity index (χ2v) is 6.75. The predicted molar refractivity (Wildman–Crippen MR) is 100 cm³/mol. The lowest BCUT2D eigenvalue weighted by Gasteiger charge is -2.11. The Morgan fingerprint density at radius 1 is 1.09 bits per heavy atom. The molecule has 0 radical (unpaired) electrons. The van der Waals surface area contributed by atoms with E-state index < -0.39 is 0 Å². The van der Waals surface area contributed by atoms with Gasteiger partial charge in [-0.25, -0.2) is 0 Å². The number of rotatable bonds is 6. The Morgan fingerprint density at radius 3 is 2.57 bits per heavy atom. The molecule has 0 amide bonds. The van der Waals surface area contributed by atoms with Crippen LogP contribution in [0.3, 0.4) is 0 Å². The van der Waals surface area contributed by atoms with Gasteiger partial charge < -0.3 is 9.30 Å². The summed E-state index contributed by atoms with van der Waals surface area (Å²) in [6.07, 6.45) is 3.32. The van der Waals surface area contributed by atoms with E-state index in [2.05, 4.69) is 69.9 Å². The smallest absolute Gasteiger partial charge is 0.128 e. The zero-order valence-electron chi connectivity index (χ0n) is 13.7. The molecule has 0 N–H and O–H groups in total. The summed E-state index contributed by atoms with van der Waals surface area (Å²) in [5.41, 5.74) is 3.94. The molecule has 0 saturated heterocycles. The zero-order chi connectivity index (χ0) is 16.2. The van der Waals surface area contributed by atoms with Crippen molar-refractivity contribution in [3.8, 4) is 5.75 Å². The van der Waals surface area contributed by atoms with Crippen molar-refractivity contribution in [1.29, 1.82) is 0 Å². The highest BCUT2D eigenvalue weighted by Crippen LogP contribution is 2.30. The van der Waals surface area contributed by atoms with E-state index in [4.69, 9.17) is 4.74 Å². The molecule has 0 aliphatic rings. The Labute approximate surface area is 146 Å². The summed E-state index contributed by atoms with van der Waals surface area (Å²) in [5, 5.41) is 1.21. The van der Waals surface area contributed by atoms with Crippen LogP contribution in [0.5, 0.6) is 5.75 Å². The molecule has 120 valence electrons. The standard InChI is InChI=1S/C20H22BrNO/c1-3-4-12-22-17(13-15-8-10-16(21)11-9-15)14-18-19(22)6-5-7-20(18)23-2/h5-11,14H,3-4,12-13H2,1-2H3. The highest BCUT2D eigenvalue weighted by atomic mass is 79.9. The number of hydrogen-bond acceptors (Lipinski definition) is 1. The monoisotopic (exact) mass is 371 g/mol. The van der Waals surface area contributed by atoms with E-state index in [1.165, 1.54) is 35.0 Å². The fourth-order valence-corrected chi connectivity index (χ4v) is 3.29. The van der Waals surface area contributed by atoms with E-state index in [0.717, 1.165) is 23.2 Å². The summed E-state index contributed by atoms with van der Waals surface area (Å²) in [7, 11) is 1.74. The van der Waals surface area contributed by atoms with Gasteiger partial charge >= 0.3 is 0 Å². The van der Waals surface area contributed by atoms with Crippen molar-refractivity contribution in [3.63, 3.8) is 0 Å². The Morgan fingerprint density at radius 2 is 1.87 bits per heavy atom. The number of fused-ring (bicyclic) bond motifs is 1. The van der Waals surface area contributed by atoms with Crippen LogP contribution >= 0.6 is 15.9 Å². The quantitative estimate of drug-likeness (QED) is 0.533. The van der Waals surface area contributed by atoms with E-state index in [0.29, 0.717) is 0 Å². The van der Waals surface area contributed by atoms with Crippen molar-refractivity contribution in [3.05, 3.63) is 64.3 Å². The molecule has 2 nitrogen and oxygen atoms in total. The van der Waals surface area contributed by atoms with Gasteiger partial charge in [-0.3, -0.25) is 0 Å². The molecule has 0 bridgehead atoms. The van der Waals surface area contributed by atoms with Crippen LogP contribution in [0.4, 0.5) is 0 Å². The molecule has 0 aliphatic heterocycles. The Kier molecular flexibility index (Phi) is 5.06. The van der Waals surface area contributed by atoms with E-state index in [-0.39, 0.29) is 0 Å². The van der Waals surface area contributed by atoms with Gasteiger partial charge in [0.1, 0.15) is 5.75 Å². The molecule has 3 aromatic rings. The maximum atomic E-state index is 5.55. The first-order chi connectivity index (χ1) is 11.2. The number of hydrogen-bond donors (Lipinski definition) is 0. The van der Waals surface area contributed by atoms with Gasteiger partial charge in [0.2, 0.25) is 0 Å². The van der Waals surface area contributed by atoms with Crippen molar-refractivity contribution in [2.45, 2.75) is 32.7 Å². The SMILES string of the molecule is CCCCn1c(Cc2ccc(Br)cc2)cc2c(OC)cccc21. The molecule has 0 unspecified atom stereocenters. The first-order valence-electron chi connectivity index (χ1n) is 8.12. The first-order valence-corrected chi connectivity index (χ1v) is 8.91. The molecule has 0 atom stereocenters. The van der Waals surface area contributed by atoms with Crippen LogP contribution in [0.25, 0.3) is 10.9 Å². The maximum Gasteiger partial charge on any atom is 0.128 e. The van der Waals surface area contributed by atoms with Crippen molar-refractivity contribution >= 4 is 26.8 Å². The summed E-state index contributed by atoms with van der Waals surface area (Å²) in [6, 6.07) is 17.2. The van der Waals surface area contributed by atoms with Gasteiger partial charge in [-0.2, -0.15) is 0 Å². The summed E-state index contributed by atoms with van der Waals surface area (Å²) < 4.78 is 9.11. The largest absolute Gasteiger partial charge is 0.496 e. The average Bonchev–Trinajstić information content (AvgIpc) is 2.92. The lowest BCUT2D eigenvalue weighted by Crippen LogP contribution is -2.03. The van der Waals surface area contributed by atoms with Crippen LogP contribution in [-0.4, -0.2) is 11.7 Å². The average molecular weight is 372 g/mol. The molecule has 23 heavy (non-hydrogen) atoms. The Balaban J connectivity index is 2.04. The van der Waals surface area contributed by atoms with E-state index in [1.54, 1.807) is 7.11 Å². The molecule has 0 spiro atoms. The molecule has 0 saturated carbocycles. The van der Waals surface area contributed by atoms with Crippen LogP contribution in [0, 0.1) is 0 Å². The van der Waals surface area contributed by atoms with Gasteiger partial charge in [0, 0.05) is 28.5 Å². The number of aryl methyl sites for hydroxylation is 1. The van der Waals surface area contributed by atoms with Gasteiger partial charge in [-0.05, 0) is 42.3 Å². The minimum absolute atomic E-state index is 0.939. The molecule has 1 aromatic heterocycles. The number of unbranched alkanes of at least 4 members (excludes halogenated alkanes) is 1. The van der Waals surface area contributed by atoms with Crippen molar-refractivity contribution in [2.75, 3.05) is 7.11 Å². The van der Waals surface area contributed by atoms with Crippen LogP contribution < -0.4 is 4.74 Å². The third-order valence-electron chi connectivity index (χ3n) is 4.25. The zero-order valence-corrected chi connectivity index (χ0v) is 15.3. The number of halogens is 1. The summed E-state index contributed by atoms with van der Waals surface area (Å²) in [6.45, 7) is 3.29. The third kappa shape index (κ3) is 3.45. The second-order valence-electron chi connectivity index (χ2n) is 5.84. The molecule has 2 aromatic carbocycles. The number of benzene rings is 2. The van der Waals surface area contributed by atoms with E-state index >= 15 is 0 Å². The number of nitrogens with zero attached hydrogens (tertiary/aromatic N) is 1. The Hall–Kier alpha value is -1.74. The topological polar surface area (TPSA) is 14.2 Å². The summed E-state index contributed by atoms with van der Waals surface area (Å²) in [4.78, 5) is 0. The van der Waals surface area contributed by atoms with Crippen LogP contribution in [0.1, 0.15) is 31.0 Å². The lowest BCUT2D eigenvalue weighted by atomic mass is 10.1. The van der Waals surface area contributed by atoms with Crippen molar-refractivity contribution in [1.82, 2.24) is 4.57 Å². The fourth-order valence-electron chi connectivity index (χ4n) is 3.03. The highest BCUT2D eigenvalue weighted by molar-refractivity contribution is 9.10. The maximum absolute atomic E-state index is 5.55. The van der Waals surface area contributed by atoms with Crippen LogP contribution in [0.15, 0.2) is 53.0 Å². The lowest BCUT2D eigenvalue weighted by molar-refractivity contribution is 0.420. The molecule has 3 heteroatoms.